The lowest BCUT2D eigenvalue weighted by Crippen LogP contribution is -2.42. The Labute approximate surface area is 103 Å². The first-order valence-corrected chi connectivity index (χ1v) is 7.16. The quantitative estimate of drug-likeness (QED) is 0.780. The second-order valence-corrected chi connectivity index (χ2v) is 5.32. The lowest BCUT2D eigenvalue weighted by molar-refractivity contribution is 0.179. The molecule has 1 aliphatic rings. The number of nitrogens with zero attached hydrogens (tertiary/aromatic N) is 1. The third kappa shape index (κ3) is 3.39. The van der Waals surface area contributed by atoms with Crippen LogP contribution in [0.1, 0.15) is 40.0 Å². The zero-order valence-corrected chi connectivity index (χ0v) is 11.7. The van der Waals surface area contributed by atoms with Gasteiger partial charge in [-0.25, -0.2) is 0 Å². The largest absolute Gasteiger partial charge is 0.382 e. The number of hydrogen-bond donors (Lipinski definition) is 1. The van der Waals surface area contributed by atoms with Gasteiger partial charge in [0, 0.05) is 18.4 Å². The van der Waals surface area contributed by atoms with Gasteiger partial charge in [0.1, 0.15) is 0 Å². The highest BCUT2D eigenvalue weighted by molar-refractivity contribution is 8.14. The minimum Gasteiger partial charge on any atom is -0.382 e. The van der Waals surface area contributed by atoms with E-state index >= 15 is 0 Å². The van der Waals surface area contributed by atoms with Crippen LogP contribution in [0.25, 0.3) is 0 Å². The van der Waals surface area contributed by atoms with Crippen molar-refractivity contribution in [3.8, 4) is 0 Å². The van der Waals surface area contributed by atoms with Gasteiger partial charge >= 0.3 is 0 Å². The fourth-order valence-corrected chi connectivity index (χ4v) is 3.22. The van der Waals surface area contributed by atoms with Gasteiger partial charge < -0.3 is 10.1 Å². The summed E-state index contributed by atoms with van der Waals surface area (Å²) in [5.74, 6) is 1.14. The summed E-state index contributed by atoms with van der Waals surface area (Å²) in [7, 11) is 1.74. The topological polar surface area (TPSA) is 33.6 Å². The van der Waals surface area contributed by atoms with E-state index in [9.17, 15) is 0 Å². The molecule has 16 heavy (non-hydrogen) atoms. The van der Waals surface area contributed by atoms with Crippen molar-refractivity contribution < 1.29 is 4.74 Å². The molecule has 1 N–H and O–H groups in total. The smallest absolute Gasteiger partial charge is 0.157 e. The highest BCUT2D eigenvalue weighted by atomic mass is 32.2. The van der Waals surface area contributed by atoms with Crippen LogP contribution in [0.3, 0.4) is 0 Å². The van der Waals surface area contributed by atoms with Crippen LogP contribution in [0.2, 0.25) is 0 Å². The molecule has 1 unspecified atom stereocenters. The molecule has 0 spiro atoms. The fourth-order valence-electron chi connectivity index (χ4n) is 1.81. The second kappa shape index (κ2) is 6.50. The highest BCUT2D eigenvalue weighted by Crippen LogP contribution is 2.29. The number of amidine groups is 1. The molecule has 1 aliphatic heterocycles. The van der Waals surface area contributed by atoms with Gasteiger partial charge in [-0.15, -0.1) is 0 Å². The molecule has 0 aromatic carbocycles. The molecule has 0 radical (unpaired) electrons. The van der Waals surface area contributed by atoms with Gasteiger partial charge in [-0.2, -0.15) is 0 Å². The maximum absolute atomic E-state index is 5.17. The third-order valence-corrected chi connectivity index (χ3v) is 4.52. The lowest BCUT2D eigenvalue weighted by atomic mass is 9.96. The molecule has 0 aromatic rings. The van der Waals surface area contributed by atoms with Crippen LogP contribution in [-0.2, 0) is 4.74 Å². The van der Waals surface area contributed by atoms with Gasteiger partial charge in [-0.05, 0) is 19.3 Å². The number of aliphatic imine (C=N–C) groups is 1. The first-order chi connectivity index (χ1) is 7.69. The number of nitrogens with one attached hydrogen (secondary N) is 1. The van der Waals surface area contributed by atoms with E-state index in [1.54, 1.807) is 7.11 Å². The number of ether oxygens (including phenoxy) is 1. The van der Waals surface area contributed by atoms with Crippen LogP contribution >= 0.6 is 11.8 Å². The maximum atomic E-state index is 5.17. The molecular weight excluding hydrogens is 220 g/mol. The Kier molecular flexibility index (Phi) is 5.62. The minimum absolute atomic E-state index is 0.273. The Bertz CT molecular complexity index is 239. The Morgan fingerprint density at radius 3 is 2.56 bits per heavy atom. The maximum Gasteiger partial charge on any atom is 0.157 e. The summed E-state index contributed by atoms with van der Waals surface area (Å²) in [6, 6.07) is 0.296. The van der Waals surface area contributed by atoms with Crippen molar-refractivity contribution in [2.24, 2.45) is 4.99 Å². The van der Waals surface area contributed by atoms with Gasteiger partial charge in [0.25, 0.3) is 0 Å². The molecule has 1 atom stereocenters. The van der Waals surface area contributed by atoms with E-state index in [0.717, 1.165) is 30.2 Å². The first-order valence-electron chi connectivity index (χ1n) is 6.17. The van der Waals surface area contributed by atoms with Crippen LogP contribution in [0.5, 0.6) is 0 Å². The lowest BCUT2D eigenvalue weighted by Gasteiger charge is -2.25. The average Bonchev–Trinajstić information content (AvgIpc) is 2.73. The molecule has 1 saturated heterocycles. The molecule has 3 nitrogen and oxygen atoms in total. The van der Waals surface area contributed by atoms with Gasteiger partial charge in [0.2, 0.25) is 0 Å². The molecule has 4 heteroatoms. The van der Waals surface area contributed by atoms with Crippen LogP contribution < -0.4 is 5.32 Å². The molecule has 94 valence electrons. The molecule has 0 aliphatic carbocycles. The third-order valence-electron chi connectivity index (χ3n) is 3.34. The Morgan fingerprint density at radius 1 is 1.44 bits per heavy atom. The molecule has 0 amide bonds. The van der Waals surface area contributed by atoms with Crippen LogP contribution in [0.15, 0.2) is 4.99 Å². The fraction of sp³-hybridized carbons (Fsp3) is 0.917. The van der Waals surface area contributed by atoms with Crippen molar-refractivity contribution in [3.63, 3.8) is 0 Å². The average molecular weight is 244 g/mol. The van der Waals surface area contributed by atoms with Crippen molar-refractivity contribution in [1.82, 2.24) is 5.32 Å². The number of hydrogen-bond acceptors (Lipinski definition) is 3. The van der Waals surface area contributed by atoms with E-state index in [-0.39, 0.29) is 5.54 Å². The molecule has 1 fully saturated rings. The molecule has 1 rings (SSSR count). The summed E-state index contributed by atoms with van der Waals surface area (Å²) in [4.78, 5) is 4.72. The van der Waals surface area contributed by atoms with Crippen molar-refractivity contribution >= 4 is 16.9 Å². The first kappa shape index (κ1) is 13.8. The monoisotopic (exact) mass is 244 g/mol. The number of rotatable bonds is 6. The Balaban J connectivity index is 2.59. The van der Waals surface area contributed by atoms with Gasteiger partial charge in [-0.3, -0.25) is 4.99 Å². The molecule has 1 heterocycles. The molecule has 0 aromatic heterocycles. The normalized spacial score (nSPS) is 23.4. The van der Waals surface area contributed by atoms with E-state index in [1.165, 1.54) is 0 Å². The van der Waals surface area contributed by atoms with E-state index in [2.05, 4.69) is 26.1 Å². The van der Waals surface area contributed by atoms with Crippen molar-refractivity contribution in [2.45, 2.75) is 51.6 Å². The van der Waals surface area contributed by atoms with E-state index in [4.69, 9.17) is 9.73 Å². The summed E-state index contributed by atoms with van der Waals surface area (Å²) in [5.41, 5.74) is 0.273. The Morgan fingerprint density at radius 2 is 2.12 bits per heavy atom. The number of methoxy groups -OCH3 is 1. The van der Waals surface area contributed by atoms with Crippen molar-refractivity contribution in [1.29, 1.82) is 0 Å². The van der Waals surface area contributed by atoms with E-state index in [0.29, 0.717) is 12.6 Å². The zero-order valence-electron chi connectivity index (χ0n) is 10.9. The summed E-state index contributed by atoms with van der Waals surface area (Å²) in [6.45, 7) is 7.35. The molecule has 0 bridgehead atoms. The SMILES string of the molecule is CCC(COC)N=C1NC(CC)(CC)CS1. The van der Waals surface area contributed by atoms with E-state index < -0.39 is 0 Å². The Hall–Kier alpha value is -0.220. The standard InChI is InChI=1S/C12H24N2OS/c1-5-10(8-15-4)13-11-14-12(6-2,7-3)9-16-11/h10H,5-9H2,1-4H3,(H,13,14). The van der Waals surface area contributed by atoms with E-state index in [1.807, 2.05) is 11.8 Å². The van der Waals surface area contributed by atoms with Crippen molar-refractivity contribution in [3.05, 3.63) is 0 Å². The van der Waals surface area contributed by atoms with Crippen LogP contribution in [0, 0.1) is 0 Å². The summed E-state index contributed by atoms with van der Waals surface area (Å²) < 4.78 is 5.17. The molecular formula is C12H24N2OS. The summed E-state index contributed by atoms with van der Waals surface area (Å²) in [5, 5.41) is 4.69. The zero-order chi connectivity index (χ0) is 12.0. The number of thioether (sulfide) groups is 1. The van der Waals surface area contributed by atoms with Gasteiger partial charge in [0.05, 0.1) is 12.6 Å². The predicted molar refractivity (Wildman–Crippen MR) is 72.3 cm³/mol. The summed E-state index contributed by atoms with van der Waals surface area (Å²) >= 11 is 1.85. The highest BCUT2D eigenvalue weighted by Gasteiger charge is 2.33. The predicted octanol–water partition coefficient (Wildman–Crippen LogP) is 2.66. The van der Waals surface area contributed by atoms with Crippen molar-refractivity contribution in [2.75, 3.05) is 19.5 Å². The molecule has 0 saturated carbocycles. The van der Waals surface area contributed by atoms with Gasteiger partial charge in [0.15, 0.2) is 5.17 Å². The van der Waals surface area contributed by atoms with Crippen LogP contribution in [-0.4, -0.2) is 36.2 Å². The second-order valence-electron chi connectivity index (χ2n) is 4.35. The van der Waals surface area contributed by atoms with Crippen LogP contribution in [0.4, 0.5) is 0 Å². The summed E-state index contributed by atoms with van der Waals surface area (Å²) in [6.07, 6.45) is 3.36. The van der Waals surface area contributed by atoms with Gasteiger partial charge in [-0.1, -0.05) is 32.5 Å². The minimum atomic E-state index is 0.273.